The van der Waals surface area contributed by atoms with Gasteiger partial charge in [-0.2, -0.15) is 0 Å². The molecule has 0 bridgehead atoms. The lowest BCUT2D eigenvalue weighted by molar-refractivity contribution is -0.119. The molecule has 0 radical (unpaired) electrons. The first-order valence-corrected chi connectivity index (χ1v) is 10.0. The molecule has 0 spiro atoms. The van der Waals surface area contributed by atoms with Crippen molar-refractivity contribution in [2.75, 3.05) is 5.32 Å². The summed E-state index contributed by atoms with van der Waals surface area (Å²) >= 11 is 11.3. The third kappa shape index (κ3) is 6.43. The van der Waals surface area contributed by atoms with Crippen molar-refractivity contribution >= 4 is 46.4 Å². The van der Waals surface area contributed by atoms with Crippen molar-refractivity contribution in [3.63, 3.8) is 0 Å². The van der Waals surface area contributed by atoms with Gasteiger partial charge in [0.05, 0.1) is 12.8 Å². The van der Waals surface area contributed by atoms with Crippen LogP contribution in [0.4, 0.5) is 5.69 Å². The van der Waals surface area contributed by atoms with Gasteiger partial charge in [-0.15, -0.1) is 0 Å². The van der Waals surface area contributed by atoms with E-state index < -0.39 is 0 Å². The quantitative estimate of drug-likeness (QED) is 0.476. The van der Waals surface area contributed by atoms with E-state index in [1.165, 1.54) is 0 Å². The van der Waals surface area contributed by atoms with Crippen molar-refractivity contribution in [2.24, 2.45) is 0 Å². The van der Waals surface area contributed by atoms with Crippen LogP contribution in [0.5, 0.6) is 0 Å². The number of hydrogen-bond acceptors (Lipinski definition) is 4. The maximum Gasteiger partial charge on any atom is 0.251 e. The van der Waals surface area contributed by atoms with Gasteiger partial charge in [0.15, 0.2) is 5.11 Å². The maximum atomic E-state index is 12.2. The molecule has 154 valence electrons. The Morgan fingerprint density at radius 3 is 2.47 bits per heavy atom. The van der Waals surface area contributed by atoms with Crippen molar-refractivity contribution in [1.29, 1.82) is 0 Å². The summed E-state index contributed by atoms with van der Waals surface area (Å²) in [6, 6.07) is 17.7. The van der Waals surface area contributed by atoms with Crippen LogP contribution in [0.1, 0.15) is 28.1 Å². The Balaban J connectivity index is 1.44. The minimum Gasteiger partial charge on any atom is -0.467 e. The molecule has 3 aromatic rings. The Labute approximate surface area is 184 Å². The molecule has 3 N–H and O–H groups in total. The van der Waals surface area contributed by atoms with Crippen molar-refractivity contribution in [3.8, 4) is 0 Å². The summed E-state index contributed by atoms with van der Waals surface area (Å²) in [6.07, 6.45) is 2.34. The zero-order valence-corrected chi connectivity index (χ0v) is 17.6. The molecule has 1 aromatic heterocycles. The molecule has 2 amide bonds. The van der Waals surface area contributed by atoms with Crippen molar-refractivity contribution in [1.82, 2.24) is 10.6 Å². The Kier molecular flexibility index (Phi) is 7.59. The van der Waals surface area contributed by atoms with Gasteiger partial charge >= 0.3 is 0 Å². The van der Waals surface area contributed by atoms with E-state index >= 15 is 0 Å². The molecule has 1 heterocycles. The number of amides is 2. The van der Waals surface area contributed by atoms with Crippen molar-refractivity contribution < 1.29 is 14.0 Å². The van der Waals surface area contributed by atoms with E-state index in [4.69, 9.17) is 28.2 Å². The standard InChI is InChI=1S/C22H20ClN3O3S/c23-19-6-2-1-4-15(19)9-12-20(27)26-22(30)25-17-10-7-16(8-11-17)21(28)24-14-18-5-3-13-29-18/h1-8,10-11,13H,9,12,14H2,(H,24,28)(H2,25,26,27,30). The zero-order chi connectivity index (χ0) is 21.3. The number of nitrogens with one attached hydrogen (secondary N) is 3. The predicted molar refractivity (Wildman–Crippen MR) is 120 cm³/mol. The SMILES string of the molecule is O=C(CCc1ccccc1Cl)NC(=S)Nc1ccc(C(=O)NCc2ccco2)cc1. The monoisotopic (exact) mass is 441 g/mol. The molecule has 8 heteroatoms. The van der Waals surface area contributed by atoms with Gasteiger partial charge in [-0.1, -0.05) is 29.8 Å². The number of benzene rings is 2. The minimum atomic E-state index is -0.214. The first-order chi connectivity index (χ1) is 14.5. The summed E-state index contributed by atoms with van der Waals surface area (Å²) in [5.74, 6) is 0.256. The van der Waals surface area contributed by atoms with Crippen LogP contribution in [0.2, 0.25) is 5.02 Å². The first kappa shape index (κ1) is 21.5. The Hall–Kier alpha value is -3.16. The minimum absolute atomic E-state index is 0.189. The smallest absolute Gasteiger partial charge is 0.251 e. The number of carbonyl (C=O) groups excluding carboxylic acids is 2. The third-order valence-electron chi connectivity index (χ3n) is 4.24. The summed E-state index contributed by atoms with van der Waals surface area (Å²) in [5.41, 5.74) is 2.07. The Morgan fingerprint density at radius 2 is 1.77 bits per heavy atom. The van der Waals surface area contributed by atoms with Crippen molar-refractivity contribution in [2.45, 2.75) is 19.4 Å². The average molecular weight is 442 g/mol. The molecular formula is C22H20ClN3O3S. The number of furan rings is 1. The van der Waals surface area contributed by atoms with E-state index in [0.29, 0.717) is 35.0 Å². The number of thiocarbonyl (C=S) groups is 1. The van der Waals surface area contributed by atoms with E-state index in [2.05, 4.69) is 16.0 Å². The topological polar surface area (TPSA) is 83.4 Å². The molecule has 0 aliphatic heterocycles. The van der Waals surface area contributed by atoms with Crippen LogP contribution >= 0.6 is 23.8 Å². The van der Waals surface area contributed by atoms with Gasteiger partial charge in [-0.25, -0.2) is 0 Å². The molecular weight excluding hydrogens is 422 g/mol. The molecule has 0 saturated heterocycles. The molecule has 0 unspecified atom stereocenters. The zero-order valence-electron chi connectivity index (χ0n) is 16.0. The van der Waals surface area contributed by atoms with E-state index in [1.54, 1.807) is 48.7 Å². The van der Waals surface area contributed by atoms with Gasteiger partial charge in [-0.05, 0) is 66.7 Å². The molecule has 6 nitrogen and oxygen atoms in total. The van der Waals surface area contributed by atoms with Crippen LogP contribution in [0, 0.1) is 0 Å². The first-order valence-electron chi connectivity index (χ1n) is 9.26. The highest BCUT2D eigenvalue weighted by atomic mass is 35.5. The lowest BCUT2D eigenvalue weighted by atomic mass is 10.1. The lowest BCUT2D eigenvalue weighted by Gasteiger charge is -2.10. The van der Waals surface area contributed by atoms with Gasteiger partial charge in [0.1, 0.15) is 5.76 Å². The third-order valence-corrected chi connectivity index (χ3v) is 4.81. The van der Waals surface area contributed by atoms with Crippen LogP contribution in [0.15, 0.2) is 71.3 Å². The summed E-state index contributed by atoms with van der Waals surface area (Å²) in [6.45, 7) is 0.316. The van der Waals surface area contributed by atoms with Crippen LogP contribution in [0.25, 0.3) is 0 Å². The molecule has 0 atom stereocenters. The summed E-state index contributed by atoms with van der Waals surface area (Å²) in [7, 11) is 0. The van der Waals surface area contributed by atoms with E-state index in [-0.39, 0.29) is 23.3 Å². The Bertz CT molecular complexity index is 1020. The van der Waals surface area contributed by atoms with Gasteiger partial charge in [0.2, 0.25) is 5.91 Å². The lowest BCUT2D eigenvalue weighted by Crippen LogP contribution is -2.34. The number of anilines is 1. The fraction of sp³-hybridized carbons (Fsp3) is 0.136. The van der Waals surface area contributed by atoms with Crippen LogP contribution in [0.3, 0.4) is 0 Å². The second kappa shape index (κ2) is 10.6. The van der Waals surface area contributed by atoms with Gasteiger partial charge in [0.25, 0.3) is 5.91 Å². The van der Waals surface area contributed by atoms with Crippen molar-refractivity contribution in [3.05, 3.63) is 88.8 Å². The molecule has 30 heavy (non-hydrogen) atoms. The Morgan fingerprint density at radius 1 is 1.00 bits per heavy atom. The molecule has 0 aliphatic rings. The highest BCUT2D eigenvalue weighted by Crippen LogP contribution is 2.16. The van der Waals surface area contributed by atoms with Gasteiger partial charge in [0, 0.05) is 22.7 Å². The molecule has 0 saturated carbocycles. The number of carbonyl (C=O) groups is 2. The number of hydrogen-bond donors (Lipinski definition) is 3. The normalized spacial score (nSPS) is 10.3. The summed E-state index contributed by atoms with van der Waals surface area (Å²) in [5, 5.41) is 9.17. The van der Waals surface area contributed by atoms with Crippen LogP contribution in [-0.4, -0.2) is 16.9 Å². The summed E-state index contributed by atoms with van der Waals surface area (Å²) < 4.78 is 5.18. The molecule has 2 aromatic carbocycles. The number of aryl methyl sites for hydroxylation is 1. The molecule has 3 rings (SSSR count). The second-order valence-electron chi connectivity index (χ2n) is 6.43. The van der Waals surface area contributed by atoms with Crippen LogP contribution in [-0.2, 0) is 17.8 Å². The number of halogens is 1. The fourth-order valence-corrected chi connectivity index (χ4v) is 3.15. The highest BCUT2D eigenvalue weighted by molar-refractivity contribution is 7.80. The maximum absolute atomic E-state index is 12.2. The largest absolute Gasteiger partial charge is 0.467 e. The van der Waals surface area contributed by atoms with Crippen LogP contribution < -0.4 is 16.0 Å². The molecule has 0 aliphatic carbocycles. The highest BCUT2D eigenvalue weighted by Gasteiger charge is 2.09. The van der Waals surface area contributed by atoms with Gasteiger partial charge in [-0.3, -0.25) is 9.59 Å². The van der Waals surface area contributed by atoms with Gasteiger partial charge < -0.3 is 20.4 Å². The average Bonchev–Trinajstić information content (AvgIpc) is 3.25. The molecule has 0 fully saturated rings. The second-order valence-corrected chi connectivity index (χ2v) is 7.25. The number of rotatable bonds is 7. The predicted octanol–water partition coefficient (Wildman–Crippen LogP) is 4.31. The van der Waals surface area contributed by atoms with E-state index in [1.807, 2.05) is 18.2 Å². The fourth-order valence-electron chi connectivity index (χ4n) is 2.69. The van der Waals surface area contributed by atoms with E-state index in [9.17, 15) is 9.59 Å². The summed E-state index contributed by atoms with van der Waals surface area (Å²) in [4.78, 5) is 24.3. The van der Waals surface area contributed by atoms with E-state index in [0.717, 1.165) is 5.56 Å².